The summed E-state index contributed by atoms with van der Waals surface area (Å²) >= 11 is 0. The fourth-order valence-electron chi connectivity index (χ4n) is 2.80. The fourth-order valence-corrected chi connectivity index (χ4v) is 2.80. The molecule has 0 bridgehead atoms. The zero-order valence-corrected chi connectivity index (χ0v) is 9.98. The molecule has 3 heterocycles. The van der Waals surface area contributed by atoms with Gasteiger partial charge in [-0.3, -0.25) is 9.59 Å². The van der Waals surface area contributed by atoms with Gasteiger partial charge in [0, 0.05) is 32.1 Å². The molecule has 0 spiro atoms. The highest BCUT2D eigenvalue weighted by Gasteiger charge is 2.37. The number of hydrogen-bond donors (Lipinski definition) is 0. The number of carbonyl (C=O) groups excluding carboxylic acids is 2. The first kappa shape index (κ1) is 10.1. The second-order valence-corrected chi connectivity index (χ2v) is 5.04. The molecular formula is C13H13N3O2. The van der Waals surface area contributed by atoms with Crippen molar-refractivity contribution in [1.82, 2.24) is 14.5 Å². The number of Topliss-reactive ketones (excluding diaryl/α,β-unsaturated/α-hetero) is 1. The third-order valence-electron chi connectivity index (χ3n) is 3.82. The van der Waals surface area contributed by atoms with Gasteiger partial charge in [-0.25, -0.2) is 4.98 Å². The summed E-state index contributed by atoms with van der Waals surface area (Å²) in [4.78, 5) is 30.8. The summed E-state index contributed by atoms with van der Waals surface area (Å²) in [6.45, 7) is 2.55. The highest BCUT2D eigenvalue weighted by atomic mass is 16.1. The molecule has 92 valence electrons. The van der Waals surface area contributed by atoms with Crippen molar-refractivity contribution in [2.24, 2.45) is 0 Å². The summed E-state index contributed by atoms with van der Waals surface area (Å²) < 4.78 is 1.94. The largest absolute Gasteiger partial charge is 0.365 e. The first-order valence-corrected chi connectivity index (χ1v) is 6.41. The predicted octanol–water partition coefficient (Wildman–Crippen LogP) is 0.798. The van der Waals surface area contributed by atoms with Gasteiger partial charge < -0.3 is 9.47 Å². The Balaban J connectivity index is 1.88. The molecule has 1 aromatic rings. The third-order valence-corrected chi connectivity index (χ3v) is 3.82. The Kier molecular flexibility index (Phi) is 1.85. The highest BCUT2D eigenvalue weighted by Crippen LogP contribution is 2.29. The van der Waals surface area contributed by atoms with E-state index in [2.05, 4.69) is 4.98 Å². The first-order chi connectivity index (χ1) is 8.75. The normalized spacial score (nSPS) is 21.6. The van der Waals surface area contributed by atoms with Gasteiger partial charge in [-0.1, -0.05) is 0 Å². The van der Waals surface area contributed by atoms with Crippen molar-refractivity contribution >= 4 is 11.6 Å². The van der Waals surface area contributed by atoms with Crippen molar-refractivity contribution in [3.05, 3.63) is 29.0 Å². The minimum atomic E-state index is -0.0796. The lowest BCUT2D eigenvalue weighted by molar-refractivity contribution is 0.0962. The Hall–Kier alpha value is -1.91. The highest BCUT2D eigenvalue weighted by molar-refractivity contribution is 6.23. The molecule has 0 radical (unpaired) electrons. The molecular weight excluding hydrogens is 230 g/mol. The van der Waals surface area contributed by atoms with E-state index >= 15 is 0 Å². The Morgan fingerprint density at radius 3 is 2.72 bits per heavy atom. The topological polar surface area (TPSA) is 55.0 Å². The van der Waals surface area contributed by atoms with E-state index in [1.54, 1.807) is 0 Å². The van der Waals surface area contributed by atoms with Crippen LogP contribution in [0.1, 0.15) is 39.6 Å². The molecule has 1 saturated heterocycles. The molecule has 0 aromatic carbocycles. The van der Waals surface area contributed by atoms with E-state index in [9.17, 15) is 9.59 Å². The van der Waals surface area contributed by atoms with Crippen molar-refractivity contribution < 1.29 is 9.59 Å². The van der Waals surface area contributed by atoms with Crippen molar-refractivity contribution in [3.8, 4) is 0 Å². The number of allylic oxidation sites excluding steroid dienone is 2. The SMILES string of the molecule is O=C1C(N2CC2)=CC(=O)c2c1nc1n2CCCC1. The molecule has 1 aromatic heterocycles. The van der Waals surface area contributed by atoms with E-state index in [-0.39, 0.29) is 11.6 Å². The van der Waals surface area contributed by atoms with Gasteiger partial charge in [0.2, 0.25) is 11.6 Å². The Labute approximate surface area is 104 Å². The number of ketones is 2. The van der Waals surface area contributed by atoms with Crippen LogP contribution in [0.15, 0.2) is 11.8 Å². The van der Waals surface area contributed by atoms with Gasteiger partial charge in [-0.2, -0.15) is 0 Å². The number of nitrogens with zero attached hydrogens (tertiary/aromatic N) is 3. The van der Waals surface area contributed by atoms with Crippen molar-refractivity contribution in [1.29, 1.82) is 0 Å². The molecule has 2 aliphatic heterocycles. The van der Waals surface area contributed by atoms with Crippen LogP contribution < -0.4 is 0 Å². The van der Waals surface area contributed by atoms with Gasteiger partial charge in [0.1, 0.15) is 17.2 Å². The minimum absolute atomic E-state index is 0.0628. The van der Waals surface area contributed by atoms with Crippen LogP contribution in [0.4, 0.5) is 0 Å². The first-order valence-electron chi connectivity index (χ1n) is 6.41. The van der Waals surface area contributed by atoms with Gasteiger partial charge in [0.15, 0.2) is 0 Å². The number of hydrogen-bond acceptors (Lipinski definition) is 4. The van der Waals surface area contributed by atoms with E-state index in [1.807, 2.05) is 9.47 Å². The van der Waals surface area contributed by atoms with Gasteiger partial charge in [-0.05, 0) is 12.8 Å². The summed E-state index contributed by atoms with van der Waals surface area (Å²) in [5.41, 5.74) is 1.42. The summed E-state index contributed by atoms with van der Waals surface area (Å²) in [6.07, 6.45) is 4.50. The molecule has 1 aliphatic carbocycles. The molecule has 5 nitrogen and oxygen atoms in total. The average molecular weight is 243 g/mol. The second kappa shape index (κ2) is 3.31. The molecule has 3 aliphatic rings. The van der Waals surface area contributed by atoms with Gasteiger partial charge in [0.25, 0.3) is 0 Å². The number of fused-ring (bicyclic) bond motifs is 3. The van der Waals surface area contributed by atoms with Crippen molar-refractivity contribution in [2.75, 3.05) is 13.1 Å². The van der Waals surface area contributed by atoms with Crippen molar-refractivity contribution in [3.63, 3.8) is 0 Å². The van der Waals surface area contributed by atoms with E-state index in [4.69, 9.17) is 0 Å². The summed E-state index contributed by atoms with van der Waals surface area (Å²) in [5, 5.41) is 0. The standard InChI is InChI=1S/C13H13N3O2/c17-9-7-8(15-5-6-15)13(18)11-12(9)16-4-2-1-3-10(16)14-11/h7H,1-6H2. The number of aromatic nitrogens is 2. The maximum Gasteiger partial charge on any atom is 0.229 e. The van der Waals surface area contributed by atoms with E-state index in [0.29, 0.717) is 17.1 Å². The number of aryl methyl sites for hydroxylation is 1. The molecule has 0 amide bonds. The van der Waals surface area contributed by atoms with Crippen LogP contribution in [0.5, 0.6) is 0 Å². The van der Waals surface area contributed by atoms with E-state index < -0.39 is 0 Å². The van der Waals surface area contributed by atoms with Crippen LogP contribution in [0.25, 0.3) is 0 Å². The van der Waals surface area contributed by atoms with Crippen LogP contribution in [0.2, 0.25) is 0 Å². The molecule has 1 fully saturated rings. The molecule has 0 atom stereocenters. The lowest BCUT2D eigenvalue weighted by Gasteiger charge is -2.17. The van der Waals surface area contributed by atoms with Crippen molar-refractivity contribution in [2.45, 2.75) is 25.8 Å². The monoisotopic (exact) mass is 243 g/mol. The smallest absolute Gasteiger partial charge is 0.229 e. The second-order valence-electron chi connectivity index (χ2n) is 5.04. The Bertz CT molecular complexity index is 608. The molecule has 18 heavy (non-hydrogen) atoms. The summed E-state index contributed by atoms with van der Waals surface area (Å²) in [5.74, 6) is 0.754. The zero-order valence-electron chi connectivity index (χ0n) is 9.98. The lowest BCUT2D eigenvalue weighted by atomic mass is 10.0. The van der Waals surface area contributed by atoms with Gasteiger partial charge >= 0.3 is 0 Å². The fraction of sp³-hybridized carbons (Fsp3) is 0.462. The minimum Gasteiger partial charge on any atom is -0.365 e. The molecule has 0 N–H and O–H groups in total. The molecule has 0 saturated carbocycles. The third kappa shape index (κ3) is 1.24. The lowest BCUT2D eigenvalue weighted by Crippen LogP contribution is -2.23. The van der Waals surface area contributed by atoms with Crippen LogP contribution in [0.3, 0.4) is 0 Å². The average Bonchev–Trinajstić information content (AvgIpc) is 3.13. The quantitative estimate of drug-likeness (QED) is 0.684. The summed E-state index contributed by atoms with van der Waals surface area (Å²) in [6, 6.07) is 0. The van der Waals surface area contributed by atoms with Crippen LogP contribution in [0, 0.1) is 0 Å². The van der Waals surface area contributed by atoms with Crippen LogP contribution in [-0.4, -0.2) is 39.1 Å². The molecule has 0 unspecified atom stereocenters. The maximum absolute atomic E-state index is 12.3. The Morgan fingerprint density at radius 2 is 1.94 bits per heavy atom. The predicted molar refractivity (Wildman–Crippen MR) is 63.5 cm³/mol. The number of carbonyl (C=O) groups is 2. The van der Waals surface area contributed by atoms with Crippen LogP contribution >= 0.6 is 0 Å². The van der Waals surface area contributed by atoms with E-state index in [1.165, 1.54) is 6.08 Å². The Morgan fingerprint density at radius 1 is 1.11 bits per heavy atom. The maximum atomic E-state index is 12.3. The van der Waals surface area contributed by atoms with Gasteiger partial charge in [0.05, 0.1) is 5.70 Å². The number of imidazole rings is 1. The van der Waals surface area contributed by atoms with Gasteiger partial charge in [-0.15, -0.1) is 0 Å². The summed E-state index contributed by atoms with van der Waals surface area (Å²) in [7, 11) is 0. The van der Waals surface area contributed by atoms with E-state index in [0.717, 1.165) is 44.7 Å². The van der Waals surface area contributed by atoms with Crippen LogP contribution in [-0.2, 0) is 13.0 Å². The molecule has 4 rings (SSSR count). The molecule has 5 heteroatoms. The zero-order chi connectivity index (χ0) is 12.3. The number of rotatable bonds is 1.